The number of hydrogen-bond donors (Lipinski definition) is 2. The molecule has 16 heavy (non-hydrogen) atoms. The lowest BCUT2D eigenvalue weighted by atomic mass is 9.91. The van der Waals surface area contributed by atoms with E-state index in [9.17, 15) is 0 Å². The van der Waals surface area contributed by atoms with Gasteiger partial charge in [0.1, 0.15) is 0 Å². The van der Waals surface area contributed by atoms with Crippen molar-refractivity contribution in [3.05, 3.63) is 16.1 Å². The van der Waals surface area contributed by atoms with Crippen molar-refractivity contribution in [2.24, 2.45) is 5.73 Å². The van der Waals surface area contributed by atoms with Gasteiger partial charge in [-0.3, -0.25) is 0 Å². The van der Waals surface area contributed by atoms with Crippen LogP contribution in [0.15, 0.2) is 6.20 Å². The van der Waals surface area contributed by atoms with E-state index in [1.807, 2.05) is 13.1 Å². The van der Waals surface area contributed by atoms with E-state index in [2.05, 4.69) is 10.3 Å². The van der Waals surface area contributed by atoms with E-state index < -0.39 is 0 Å². The minimum atomic E-state index is -0.0853. The Morgan fingerprint density at radius 2 is 2.31 bits per heavy atom. The van der Waals surface area contributed by atoms with E-state index in [0.717, 1.165) is 44.2 Å². The van der Waals surface area contributed by atoms with E-state index >= 15 is 0 Å². The summed E-state index contributed by atoms with van der Waals surface area (Å²) in [6, 6.07) is 0. The number of thiazole rings is 1. The van der Waals surface area contributed by atoms with Crippen LogP contribution in [0, 0.1) is 6.92 Å². The highest BCUT2D eigenvalue weighted by atomic mass is 32.1. The van der Waals surface area contributed by atoms with Crippen LogP contribution in [0.5, 0.6) is 0 Å². The predicted octanol–water partition coefficient (Wildman–Crippen LogP) is 1.05. The van der Waals surface area contributed by atoms with Crippen molar-refractivity contribution >= 4 is 11.3 Å². The van der Waals surface area contributed by atoms with Gasteiger partial charge in [-0.05, 0) is 19.8 Å². The Kier molecular flexibility index (Phi) is 3.91. The van der Waals surface area contributed by atoms with Crippen LogP contribution in [0.4, 0.5) is 0 Å². The Labute approximate surface area is 100 Å². The first-order valence-electron chi connectivity index (χ1n) is 5.67. The smallest absolute Gasteiger partial charge is 0.0897 e. The molecule has 0 atom stereocenters. The Morgan fingerprint density at radius 3 is 2.94 bits per heavy atom. The lowest BCUT2D eigenvalue weighted by Crippen LogP contribution is -2.52. The molecule has 90 valence electrons. The second kappa shape index (κ2) is 5.23. The highest BCUT2D eigenvalue weighted by Gasteiger charge is 2.27. The minimum Gasteiger partial charge on any atom is -0.381 e. The highest BCUT2D eigenvalue weighted by molar-refractivity contribution is 7.11. The number of ether oxygens (including phenoxy) is 1. The van der Waals surface area contributed by atoms with Gasteiger partial charge < -0.3 is 15.8 Å². The third kappa shape index (κ3) is 3.25. The average molecular weight is 241 g/mol. The molecule has 1 aromatic heterocycles. The summed E-state index contributed by atoms with van der Waals surface area (Å²) in [5.41, 5.74) is 6.19. The first kappa shape index (κ1) is 12.0. The summed E-state index contributed by atoms with van der Waals surface area (Å²) in [7, 11) is 0. The lowest BCUT2D eigenvalue weighted by Gasteiger charge is -2.33. The van der Waals surface area contributed by atoms with Crippen LogP contribution in [0.3, 0.4) is 0 Å². The van der Waals surface area contributed by atoms with E-state index in [1.165, 1.54) is 4.88 Å². The summed E-state index contributed by atoms with van der Waals surface area (Å²) in [6.45, 7) is 5.32. The van der Waals surface area contributed by atoms with Gasteiger partial charge in [-0.25, -0.2) is 4.98 Å². The third-order valence-electron chi connectivity index (χ3n) is 2.93. The number of aryl methyl sites for hydroxylation is 1. The monoisotopic (exact) mass is 241 g/mol. The van der Waals surface area contributed by atoms with Gasteiger partial charge >= 0.3 is 0 Å². The Balaban J connectivity index is 1.74. The summed E-state index contributed by atoms with van der Waals surface area (Å²) >= 11 is 1.73. The third-order valence-corrected chi connectivity index (χ3v) is 3.85. The van der Waals surface area contributed by atoms with Gasteiger partial charge in [-0.2, -0.15) is 0 Å². The zero-order valence-electron chi connectivity index (χ0n) is 9.66. The molecule has 5 heteroatoms. The van der Waals surface area contributed by atoms with Gasteiger partial charge in [0.25, 0.3) is 0 Å². The van der Waals surface area contributed by atoms with Gasteiger partial charge in [0.2, 0.25) is 0 Å². The molecule has 0 saturated carbocycles. The van der Waals surface area contributed by atoms with Crippen molar-refractivity contribution in [1.82, 2.24) is 10.3 Å². The molecule has 0 radical (unpaired) electrons. The number of nitrogens with two attached hydrogens (primary N) is 1. The molecule has 1 aliphatic rings. The zero-order valence-corrected chi connectivity index (χ0v) is 10.5. The number of nitrogens with zero attached hydrogens (tertiary/aromatic N) is 1. The fraction of sp³-hybridized carbons (Fsp3) is 0.727. The molecule has 4 nitrogen and oxygen atoms in total. The van der Waals surface area contributed by atoms with Gasteiger partial charge in [-0.1, -0.05) is 0 Å². The summed E-state index contributed by atoms with van der Waals surface area (Å²) in [5, 5.41) is 4.53. The molecular formula is C11H19N3OS. The number of nitrogens with one attached hydrogen (secondary N) is 1. The standard InChI is InChI=1S/C11H19N3OS/c1-9-14-7-10(16-9)6-13-8-11(12)2-4-15-5-3-11/h7,13H,2-6,8,12H2,1H3. The molecular weight excluding hydrogens is 222 g/mol. The molecule has 0 aromatic carbocycles. The largest absolute Gasteiger partial charge is 0.381 e. The molecule has 0 aliphatic carbocycles. The Morgan fingerprint density at radius 1 is 1.56 bits per heavy atom. The van der Waals surface area contributed by atoms with Gasteiger partial charge in [0.05, 0.1) is 5.01 Å². The summed E-state index contributed by atoms with van der Waals surface area (Å²) in [5.74, 6) is 0. The molecule has 2 rings (SSSR count). The topological polar surface area (TPSA) is 60.2 Å². The van der Waals surface area contributed by atoms with Crippen LogP contribution >= 0.6 is 11.3 Å². The molecule has 0 spiro atoms. The van der Waals surface area contributed by atoms with Gasteiger partial charge in [0.15, 0.2) is 0 Å². The summed E-state index contributed by atoms with van der Waals surface area (Å²) in [4.78, 5) is 5.50. The fourth-order valence-electron chi connectivity index (χ4n) is 1.88. The highest BCUT2D eigenvalue weighted by Crippen LogP contribution is 2.17. The van der Waals surface area contributed by atoms with Crippen LogP contribution < -0.4 is 11.1 Å². The molecule has 1 aliphatic heterocycles. The van der Waals surface area contributed by atoms with Gasteiger partial charge in [-0.15, -0.1) is 11.3 Å². The fourth-order valence-corrected chi connectivity index (χ4v) is 2.64. The van der Waals surface area contributed by atoms with Crippen molar-refractivity contribution in [2.75, 3.05) is 19.8 Å². The zero-order chi connectivity index (χ0) is 11.4. The van der Waals surface area contributed by atoms with Crippen molar-refractivity contribution in [3.8, 4) is 0 Å². The maximum Gasteiger partial charge on any atom is 0.0897 e. The average Bonchev–Trinajstić information content (AvgIpc) is 2.65. The molecule has 2 heterocycles. The summed E-state index contributed by atoms with van der Waals surface area (Å²) < 4.78 is 5.32. The maximum atomic E-state index is 6.27. The van der Waals surface area contributed by atoms with Crippen LogP contribution in [0.2, 0.25) is 0 Å². The van der Waals surface area contributed by atoms with E-state index in [-0.39, 0.29) is 5.54 Å². The molecule has 1 aromatic rings. The molecule has 1 fully saturated rings. The Hall–Kier alpha value is -0.490. The maximum absolute atomic E-state index is 6.27. The van der Waals surface area contributed by atoms with Crippen LogP contribution in [-0.4, -0.2) is 30.3 Å². The summed E-state index contributed by atoms with van der Waals surface area (Å²) in [6.07, 6.45) is 3.82. The van der Waals surface area contributed by atoms with Crippen LogP contribution in [0.25, 0.3) is 0 Å². The SMILES string of the molecule is Cc1ncc(CNCC2(N)CCOCC2)s1. The van der Waals surface area contributed by atoms with Crippen LogP contribution in [0.1, 0.15) is 22.7 Å². The first-order chi connectivity index (χ1) is 7.68. The van der Waals surface area contributed by atoms with Crippen molar-refractivity contribution in [2.45, 2.75) is 31.8 Å². The van der Waals surface area contributed by atoms with Crippen molar-refractivity contribution in [1.29, 1.82) is 0 Å². The first-order valence-corrected chi connectivity index (χ1v) is 6.48. The molecule has 0 bridgehead atoms. The lowest BCUT2D eigenvalue weighted by molar-refractivity contribution is 0.0531. The Bertz CT molecular complexity index is 334. The van der Waals surface area contributed by atoms with Crippen molar-refractivity contribution in [3.63, 3.8) is 0 Å². The van der Waals surface area contributed by atoms with Crippen LogP contribution in [-0.2, 0) is 11.3 Å². The number of hydrogen-bond acceptors (Lipinski definition) is 5. The second-order valence-electron chi connectivity index (χ2n) is 4.42. The molecule has 0 amide bonds. The van der Waals surface area contributed by atoms with E-state index in [1.54, 1.807) is 11.3 Å². The van der Waals surface area contributed by atoms with E-state index in [0.29, 0.717) is 0 Å². The number of aromatic nitrogens is 1. The molecule has 1 saturated heterocycles. The quantitative estimate of drug-likeness (QED) is 0.827. The predicted molar refractivity (Wildman–Crippen MR) is 65.5 cm³/mol. The van der Waals surface area contributed by atoms with Gasteiger partial charge in [0, 0.05) is 42.9 Å². The van der Waals surface area contributed by atoms with E-state index in [4.69, 9.17) is 10.5 Å². The van der Waals surface area contributed by atoms with Crippen molar-refractivity contribution < 1.29 is 4.74 Å². The molecule has 3 N–H and O–H groups in total. The normalized spacial score (nSPS) is 19.9. The minimum absolute atomic E-state index is 0.0853. The second-order valence-corrected chi connectivity index (χ2v) is 5.74. The molecule has 0 unspecified atom stereocenters. The number of rotatable bonds is 4.